The van der Waals surface area contributed by atoms with Gasteiger partial charge in [0.25, 0.3) is 0 Å². The smallest absolute Gasteiger partial charge is 0.0755 e. The Kier molecular flexibility index (Phi) is 1.79. The molecule has 0 radical (unpaired) electrons. The van der Waals surface area contributed by atoms with Crippen LogP contribution in [0.5, 0.6) is 0 Å². The van der Waals surface area contributed by atoms with E-state index >= 15 is 0 Å². The minimum absolute atomic E-state index is 0.0293. The number of ether oxygens (including phenoxy) is 1. The lowest BCUT2D eigenvalue weighted by atomic mass is 10.4. The zero-order valence-electron chi connectivity index (χ0n) is 3.73. The van der Waals surface area contributed by atoms with E-state index in [9.17, 15) is 0 Å². The van der Waals surface area contributed by atoms with Crippen LogP contribution in [0.15, 0.2) is 0 Å². The van der Waals surface area contributed by atoms with Gasteiger partial charge in [-0.1, -0.05) is 0 Å². The normalized spacial score (nSPS) is 42.0. The Morgan fingerprint density at radius 3 is 1.71 bits per heavy atom. The first-order valence-corrected chi connectivity index (χ1v) is 3.04. The summed E-state index contributed by atoms with van der Waals surface area (Å²) in [4.78, 5) is 0. The Balaban J connectivity index is 2.33. The quantitative estimate of drug-likeness (QED) is 0.461. The van der Waals surface area contributed by atoms with Crippen LogP contribution in [0.4, 0.5) is 0 Å². The third kappa shape index (κ3) is 1.21. The molecule has 3 heteroatoms. The van der Waals surface area contributed by atoms with E-state index < -0.39 is 0 Å². The number of alkyl halides is 2. The average molecular weight is 141 g/mol. The highest BCUT2D eigenvalue weighted by molar-refractivity contribution is 6.30. The lowest BCUT2D eigenvalue weighted by Gasteiger charge is -1.96. The second kappa shape index (κ2) is 2.21. The van der Waals surface area contributed by atoms with Crippen molar-refractivity contribution < 1.29 is 4.74 Å². The van der Waals surface area contributed by atoms with Crippen molar-refractivity contribution in [3.8, 4) is 0 Å². The molecule has 1 aliphatic rings. The standard InChI is InChI=1S/C4H6Cl2O/c5-3-1-7-2-4(3)6/h3-4H,1-2H2/t3-,4+. The highest BCUT2D eigenvalue weighted by Gasteiger charge is 2.23. The molecule has 42 valence electrons. The van der Waals surface area contributed by atoms with Crippen LogP contribution in [0.3, 0.4) is 0 Å². The predicted molar refractivity (Wildman–Crippen MR) is 30.1 cm³/mol. The molecule has 7 heavy (non-hydrogen) atoms. The Labute approximate surface area is 52.5 Å². The maximum absolute atomic E-state index is 5.61. The van der Waals surface area contributed by atoms with E-state index in [1.807, 2.05) is 0 Å². The highest BCUT2D eigenvalue weighted by Crippen LogP contribution is 2.16. The summed E-state index contributed by atoms with van der Waals surface area (Å²) < 4.78 is 4.91. The van der Waals surface area contributed by atoms with Gasteiger partial charge in [-0.05, 0) is 0 Å². The van der Waals surface area contributed by atoms with Crippen LogP contribution in [-0.4, -0.2) is 24.0 Å². The summed E-state index contributed by atoms with van der Waals surface area (Å²) in [6, 6.07) is 0. The molecule has 1 aliphatic heterocycles. The summed E-state index contributed by atoms with van der Waals surface area (Å²) in [5.41, 5.74) is 0. The van der Waals surface area contributed by atoms with Crippen LogP contribution in [0, 0.1) is 0 Å². The van der Waals surface area contributed by atoms with E-state index in [4.69, 9.17) is 27.9 Å². The third-order valence-electron chi connectivity index (χ3n) is 0.947. The largest absolute Gasteiger partial charge is 0.378 e. The molecular formula is C4H6Cl2O. The molecule has 1 heterocycles. The van der Waals surface area contributed by atoms with Gasteiger partial charge in [0.1, 0.15) is 0 Å². The molecule has 0 aliphatic carbocycles. The monoisotopic (exact) mass is 140 g/mol. The molecule has 1 rings (SSSR count). The Bertz CT molecular complexity index is 58.7. The molecule has 0 unspecified atom stereocenters. The summed E-state index contributed by atoms with van der Waals surface area (Å²) in [5, 5.41) is 0.0586. The Morgan fingerprint density at radius 2 is 1.57 bits per heavy atom. The fourth-order valence-electron chi connectivity index (χ4n) is 0.502. The lowest BCUT2D eigenvalue weighted by Crippen LogP contribution is -2.09. The molecule has 1 nitrogen and oxygen atoms in total. The Morgan fingerprint density at radius 1 is 1.14 bits per heavy atom. The summed E-state index contributed by atoms with van der Waals surface area (Å²) in [7, 11) is 0. The maximum atomic E-state index is 5.61. The van der Waals surface area contributed by atoms with Crippen LogP contribution in [0.25, 0.3) is 0 Å². The average Bonchev–Trinajstić information content (AvgIpc) is 1.91. The molecule has 0 aromatic carbocycles. The molecule has 0 saturated carbocycles. The van der Waals surface area contributed by atoms with Crippen molar-refractivity contribution in [1.29, 1.82) is 0 Å². The molecule has 0 spiro atoms. The van der Waals surface area contributed by atoms with Gasteiger partial charge < -0.3 is 4.74 Å². The SMILES string of the molecule is Cl[C@@H]1COC[C@@H]1Cl. The predicted octanol–water partition coefficient (Wildman–Crippen LogP) is 1.23. The fourth-order valence-corrected chi connectivity index (χ4v) is 0.826. The van der Waals surface area contributed by atoms with Gasteiger partial charge in [0.2, 0.25) is 0 Å². The summed E-state index contributed by atoms with van der Waals surface area (Å²) in [6.07, 6.45) is 0. The van der Waals surface area contributed by atoms with Crippen molar-refractivity contribution in [1.82, 2.24) is 0 Å². The van der Waals surface area contributed by atoms with E-state index in [1.165, 1.54) is 0 Å². The molecule has 0 amide bonds. The minimum atomic E-state index is 0.0293. The fraction of sp³-hybridized carbons (Fsp3) is 1.00. The molecule has 0 aromatic rings. The maximum Gasteiger partial charge on any atom is 0.0755 e. The molecular weight excluding hydrogens is 135 g/mol. The molecule has 2 atom stereocenters. The van der Waals surface area contributed by atoms with E-state index in [2.05, 4.69) is 0 Å². The van der Waals surface area contributed by atoms with E-state index in [1.54, 1.807) is 0 Å². The van der Waals surface area contributed by atoms with E-state index in [0.717, 1.165) is 0 Å². The molecule has 1 fully saturated rings. The number of halogens is 2. The number of hydrogen-bond donors (Lipinski definition) is 0. The van der Waals surface area contributed by atoms with Gasteiger partial charge in [0.05, 0.1) is 24.0 Å². The van der Waals surface area contributed by atoms with E-state index in [-0.39, 0.29) is 10.8 Å². The first-order chi connectivity index (χ1) is 3.30. The zero-order valence-corrected chi connectivity index (χ0v) is 5.24. The molecule has 0 N–H and O–H groups in total. The van der Waals surface area contributed by atoms with Crippen molar-refractivity contribution in [3.63, 3.8) is 0 Å². The molecule has 1 saturated heterocycles. The molecule has 0 bridgehead atoms. The van der Waals surface area contributed by atoms with Crippen LogP contribution in [0.1, 0.15) is 0 Å². The summed E-state index contributed by atoms with van der Waals surface area (Å²) in [6.45, 7) is 1.21. The second-order valence-corrected chi connectivity index (χ2v) is 2.69. The summed E-state index contributed by atoms with van der Waals surface area (Å²) >= 11 is 11.2. The van der Waals surface area contributed by atoms with Gasteiger partial charge >= 0.3 is 0 Å². The third-order valence-corrected chi connectivity index (χ3v) is 1.94. The highest BCUT2D eigenvalue weighted by atomic mass is 35.5. The van der Waals surface area contributed by atoms with Crippen LogP contribution in [0.2, 0.25) is 0 Å². The van der Waals surface area contributed by atoms with E-state index in [0.29, 0.717) is 13.2 Å². The number of rotatable bonds is 0. The van der Waals surface area contributed by atoms with Crippen molar-refractivity contribution in [2.75, 3.05) is 13.2 Å². The second-order valence-electron chi connectivity index (χ2n) is 1.57. The van der Waals surface area contributed by atoms with Crippen molar-refractivity contribution in [2.45, 2.75) is 10.8 Å². The van der Waals surface area contributed by atoms with Gasteiger partial charge in [0.15, 0.2) is 0 Å². The van der Waals surface area contributed by atoms with Crippen LogP contribution >= 0.6 is 23.2 Å². The van der Waals surface area contributed by atoms with Crippen LogP contribution in [-0.2, 0) is 4.74 Å². The van der Waals surface area contributed by atoms with Gasteiger partial charge in [0, 0.05) is 0 Å². The number of hydrogen-bond acceptors (Lipinski definition) is 1. The lowest BCUT2D eigenvalue weighted by molar-refractivity contribution is 0.199. The topological polar surface area (TPSA) is 9.23 Å². The minimum Gasteiger partial charge on any atom is -0.378 e. The van der Waals surface area contributed by atoms with Gasteiger partial charge in [-0.3, -0.25) is 0 Å². The van der Waals surface area contributed by atoms with Crippen molar-refractivity contribution >= 4 is 23.2 Å². The molecule has 0 aromatic heterocycles. The first kappa shape index (κ1) is 5.67. The Hall–Kier alpha value is 0.540. The van der Waals surface area contributed by atoms with Crippen LogP contribution < -0.4 is 0 Å². The zero-order chi connectivity index (χ0) is 5.28. The van der Waals surface area contributed by atoms with Gasteiger partial charge in [-0.2, -0.15) is 0 Å². The van der Waals surface area contributed by atoms with Crippen molar-refractivity contribution in [2.24, 2.45) is 0 Å². The van der Waals surface area contributed by atoms with Crippen molar-refractivity contribution in [3.05, 3.63) is 0 Å². The van der Waals surface area contributed by atoms with Gasteiger partial charge in [-0.25, -0.2) is 0 Å². The summed E-state index contributed by atoms with van der Waals surface area (Å²) in [5.74, 6) is 0. The first-order valence-electron chi connectivity index (χ1n) is 2.16. The van der Waals surface area contributed by atoms with Gasteiger partial charge in [-0.15, -0.1) is 23.2 Å².